The Bertz CT molecular complexity index is 701. The Morgan fingerprint density at radius 2 is 2.15 bits per heavy atom. The van der Waals surface area contributed by atoms with E-state index in [4.69, 9.17) is 12.2 Å². The van der Waals surface area contributed by atoms with Crippen LogP contribution in [-0.2, 0) is 6.54 Å². The summed E-state index contributed by atoms with van der Waals surface area (Å²) in [5.74, 6) is -0.175. The van der Waals surface area contributed by atoms with E-state index in [0.717, 1.165) is 17.6 Å². The Morgan fingerprint density at radius 1 is 1.45 bits per heavy atom. The van der Waals surface area contributed by atoms with Crippen LogP contribution in [0.2, 0.25) is 0 Å². The fourth-order valence-electron chi connectivity index (χ4n) is 3.04. The van der Waals surface area contributed by atoms with E-state index in [1.54, 1.807) is 6.07 Å². The molecule has 20 heavy (non-hydrogen) atoms. The molecule has 0 unspecified atom stereocenters. The van der Waals surface area contributed by atoms with Gasteiger partial charge in [-0.3, -0.25) is 0 Å². The number of nitrogens with one attached hydrogen (secondary N) is 1. The summed E-state index contributed by atoms with van der Waals surface area (Å²) in [7, 11) is 0. The maximum absolute atomic E-state index is 13.9. The van der Waals surface area contributed by atoms with E-state index < -0.39 is 0 Å². The van der Waals surface area contributed by atoms with Crippen molar-refractivity contribution in [1.82, 2.24) is 9.55 Å². The van der Waals surface area contributed by atoms with Gasteiger partial charge in [0.15, 0.2) is 4.77 Å². The van der Waals surface area contributed by atoms with Crippen LogP contribution in [0.4, 0.5) is 4.39 Å². The number of aromatic nitrogens is 2. The van der Waals surface area contributed by atoms with Crippen molar-refractivity contribution < 1.29 is 4.39 Å². The van der Waals surface area contributed by atoms with Gasteiger partial charge >= 0.3 is 0 Å². The molecule has 0 radical (unpaired) electrons. The third-order valence-corrected chi connectivity index (χ3v) is 6.76. The summed E-state index contributed by atoms with van der Waals surface area (Å²) in [5.41, 5.74) is 1.81. The highest BCUT2D eigenvalue weighted by Gasteiger charge is 2.34. The third kappa shape index (κ3) is 2.54. The van der Waals surface area contributed by atoms with Gasteiger partial charge in [0.1, 0.15) is 5.82 Å². The van der Waals surface area contributed by atoms with Gasteiger partial charge in [-0.25, -0.2) is 4.39 Å². The van der Waals surface area contributed by atoms with E-state index in [0.29, 0.717) is 8.34 Å². The number of halogens is 2. The molecule has 2 nitrogen and oxygen atoms in total. The second kappa shape index (κ2) is 5.61. The van der Waals surface area contributed by atoms with E-state index in [-0.39, 0.29) is 10.6 Å². The predicted octanol–water partition coefficient (Wildman–Crippen LogP) is 5.12. The predicted molar refractivity (Wildman–Crippen MR) is 94.5 cm³/mol. The second-order valence-electron chi connectivity index (χ2n) is 5.39. The number of fused-ring (bicyclic) bond motifs is 1. The van der Waals surface area contributed by atoms with Gasteiger partial charge in [0.25, 0.3) is 0 Å². The number of nitrogens with zero attached hydrogens (tertiary/aromatic N) is 1. The average Bonchev–Trinajstić information content (AvgIpc) is 2.99. The zero-order valence-corrected chi connectivity index (χ0v) is 15.0. The van der Waals surface area contributed by atoms with Gasteiger partial charge in [-0.15, -0.1) is 0 Å². The topological polar surface area (TPSA) is 20.7 Å². The van der Waals surface area contributed by atoms with Crippen molar-refractivity contribution in [3.05, 3.63) is 26.3 Å². The van der Waals surface area contributed by atoms with Gasteiger partial charge in [-0.05, 0) is 60.0 Å². The van der Waals surface area contributed by atoms with Gasteiger partial charge in [0.05, 0.1) is 14.6 Å². The molecule has 0 bridgehead atoms. The van der Waals surface area contributed by atoms with Crippen LogP contribution in [-0.4, -0.2) is 20.6 Å². The van der Waals surface area contributed by atoms with Crippen molar-refractivity contribution in [2.24, 2.45) is 0 Å². The van der Waals surface area contributed by atoms with Crippen molar-refractivity contribution >= 4 is 57.6 Å². The number of H-pyrrole nitrogens is 1. The molecule has 1 heterocycles. The van der Waals surface area contributed by atoms with Gasteiger partial charge in [0, 0.05) is 17.4 Å². The first-order valence-corrected chi connectivity index (χ1v) is 9.39. The average molecular weight is 422 g/mol. The van der Waals surface area contributed by atoms with Crippen molar-refractivity contribution in [2.45, 2.75) is 37.0 Å². The molecule has 0 amide bonds. The largest absolute Gasteiger partial charge is 0.331 e. The Hall–Kier alpha value is -0.0800. The molecular formula is C14H16FIN2S2. The van der Waals surface area contributed by atoms with Crippen LogP contribution in [0.3, 0.4) is 0 Å². The van der Waals surface area contributed by atoms with E-state index in [1.807, 2.05) is 40.4 Å². The normalized spacial score (nSPS) is 17.9. The fraction of sp³-hybridized carbons (Fsp3) is 0.500. The molecule has 3 rings (SSSR count). The Morgan fingerprint density at radius 3 is 2.80 bits per heavy atom. The first-order chi connectivity index (χ1) is 9.54. The zero-order chi connectivity index (χ0) is 14.3. The van der Waals surface area contributed by atoms with Crippen molar-refractivity contribution in [1.29, 1.82) is 0 Å². The Labute approximate surface area is 140 Å². The van der Waals surface area contributed by atoms with Gasteiger partial charge in [0.2, 0.25) is 0 Å². The lowest BCUT2D eigenvalue weighted by atomic mass is 10.1. The maximum atomic E-state index is 13.9. The monoisotopic (exact) mass is 422 g/mol. The number of hydrogen-bond acceptors (Lipinski definition) is 2. The van der Waals surface area contributed by atoms with Crippen LogP contribution in [0.15, 0.2) is 12.1 Å². The number of rotatable bonds is 3. The molecule has 0 atom stereocenters. The van der Waals surface area contributed by atoms with Crippen LogP contribution in [0.1, 0.15) is 25.7 Å². The van der Waals surface area contributed by atoms with Crippen LogP contribution in [0.25, 0.3) is 11.0 Å². The first kappa shape index (κ1) is 14.8. The van der Waals surface area contributed by atoms with Crippen molar-refractivity contribution in [3.63, 3.8) is 0 Å². The first-order valence-electron chi connectivity index (χ1n) is 6.67. The van der Waals surface area contributed by atoms with Gasteiger partial charge in [-0.1, -0.05) is 12.8 Å². The summed E-state index contributed by atoms with van der Waals surface area (Å²) in [6.07, 6.45) is 7.17. The van der Waals surface area contributed by atoms with Crippen molar-refractivity contribution in [2.75, 3.05) is 6.26 Å². The summed E-state index contributed by atoms with van der Waals surface area (Å²) >= 11 is 9.38. The molecule has 1 saturated carbocycles. The Kier molecular flexibility index (Phi) is 4.16. The van der Waals surface area contributed by atoms with E-state index in [2.05, 4.69) is 15.8 Å². The number of hydrogen-bond donors (Lipinski definition) is 1. The highest BCUT2D eigenvalue weighted by Crippen LogP contribution is 2.42. The standard InChI is InChI=1S/C14H16FIN2S2/c1-20-14(4-2-3-5-14)8-18-12-6-9(15)10(16)7-11(12)17-13(18)19/h6-7H,2-5,8H2,1H3,(H,17,19). The van der Waals surface area contributed by atoms with Crippen molar-refractivity contribution in [3.8, 4) is 0 Å². The molecule has 6 heteroatoms. The molecule has 0 saturated heterocycles. The van der Waals surface area contributed by atoms with Crippen LogP contribution >= 0.6 is 46.6 Å². The molecule has 2 aromatic rings. The van der Waals surface area contributed by atoms with E-state index in [9.17, 15) is 4.39 Å². The molecule has 1 fully saturated rings. The van der Waals surface area contributed by atoms with Crippen LogP contribution < -0.4 is 0 Å². The fourth-order valence-corrected chi connectivity index (χ4v) is 4.74. The smallest absolute Gasteiger partial charge is 0.178 e. The number of benzene rings is 1. The lowest BCUT2D eigenvalue weighted by Crippen LogP contribution is -2.26. The summed E-state index contributed by atoms with van der Waals surface area (Å²) in [4.78, 5) is 3.21. The SMILES string of the molecule is CSC1(Cn2c(=S)[nH]c3cc(I)c(F)cc32)CCCC1. The summed E-state index contributed by atoms with van der Waals surface area (Å²) in [6.45, 7) is 0.868. The minimum absolute atomic E-state index is 0.175. The van der Waals surface area contributed by atoms with Crippen LogP contribution in [0.5, 0.6) is 0 Å². The quantitative estimate of drug-likeness (QED) is 0.548. The maximum Gasteiger partial charge on any atom is 0.178 e. The highest BCUT2D eigenvalue weighted by molar-refractivity contribution is 14.1. The molecule has 108 valence electrons. The summed E-state index contributed by atoms with van der Waals surface area (Å²) < 4.78 is 17.5. The van der Waals surface area contributed by atoms with Crippen LogP contribution in [0, 0.1) is 14.2 Å². The number of aromatic amines is 1. The number of thioether (sulfide) groups is 1. The molecule has 1 aromatic carbocycles. The molecule has 1 aromatic heterocycles. The molecule has 1 N–H and O–H groups in total. The minimum Gasteiger partial charge on any atom is -0.331 e. The molecule has 1 aliphatic carbocycles. The molecule has 0 spiro atoms. The lowest BCUT2D eigenvalue weighted by Gasteiger charge is -2.27. The molecule has 0 aliphatic heterocycles. The highest BCUT2D eigenvalue weighted by atomic mass is 127. The van der Waals surface area contributed by atoms with E-state index >= 15 is 0 Å². The molecular weight excluding hydrogens is 406 g/mol. The van der Waals surface area contributed by atoms with Gasteiger partial charge < -0.3 is 9.55 Å². The zero-order valence-electron chi connectivity index (χ0n) is 11.2. The number of imidazole rings is 1. The van der Waals surface area contributed by atoms with E-state index in [1.165, 1.54) is 25.7 Å². The minimum atomic E-state index is -0.175. The van der Waals surface area contributed by atoms with Gasteiger partial charge in [-0.2, -0.15) is 11.8 Å². The third-order valence-electron chi connectivity index (χ3n) is 4.21. The summed E-state index contributed by atoms with van der Waals surface area (Å²) in [6, 6.07) is 3.43. The Balaban J connectivity index is 2.09. The second-order valence-corrected chi connectivity index (χ2v) is 8.22. The molecule has 1 aliphatic rings. The summed E-state index contributed by atoms with van der Waals surface area (Å²) in [5, 5.41) is 0. The lowest BCUT2D eigenvalue weighted by molar-refractivity contribution is 0.509.